The van der Waals surface area contributed by atoms with E-state index in [1.54, 1.807) is 0 Å². The SMILES string of the molecule is CC1CCNC1C(=O)NCC(=O)N1CCCCC1. The van der Waals surface area contributed by atoms with E-state index in [9.17, 15) is 9.59 Å². The quantitative estimate of drug-likeness (QED) is 0.750. The predicted molar refractivity (Wildman–Crippen MR) is 69.0 cm³/mol. The molecule has 2 heterocycles. The van der Waals surface area contributed by atoms with E-state index in [0.29, 0.717) is 5.92 Å². The van der Waals surface area contributed by atoms with Crippen molar-refractivity contribution in [3.8, 4) is 0 Å². The molecule has 2 rings (SSSR count). The summed E-state index contributed by atoms with van der Waals surface area (Å²) in [7, 11) is 0. The van der Waals surface area contributed by atoms with Crippen molar-refractivity contribution in [2.24, 2.45) is 5.92 Å². The number of piperidine rings is 1. The molecule has 0 spiro atoms. The molecule has 2 fully saturated rings. The molecule has 2 aliphatic rings. The van der Waals surface area contributed by atoms with Crippen LogP contribution in [0.5, 0.6) is 0 Å². The molecule has 2 aliphatic heterocycles. The maximum absolute atomic E-state index is 11.9. The highest BCUT2D eigenvalue weighted by Crippen LogP contribution is 2.14. The molecule has 2 N–H and O–H groups in total. The van der Waals surface area contributed by atoms with Gasteiger partial charge >= 0.3 is 0 Å². The van der Waals surface area contributed by atoms with E-state index in [1.165, 1.54) is 6.42 Å². The number of hydrogen-bond donors (Lipinski definition) is 2. The van der Waals surface area contributed by atoms with E-state index in [-0.39, 0.29) is 24.4 Å². The van der Waals surface area contributed by atoms with Gasteiger partial charge in [-0.15, -0.1) is 0 Å². The summed E-state index contributed by atoms with van der Waals surface area (Å²) in [6.07, 6.45) is 4.40. The summed E-state index contributed by atoms with van der Waals surface area (Å²) >= 11 is 0. The number of nitrogens with one attached hydrogen (secondary N) is 2. The molecule has 2 unspecified atom stereocenters. The van der Waals surface area contributed by atoms with E-state index in [4.69, 9.17) is 0 Å². The minimum atomic E-state index is -0.126. The number of hydrogen-bond acceptors (Lipinski definition) is 3. The molecule has 2 amide bonds. The van der Waals surface area contributed by atoms with Crippen molar-refractivity contribution in [3.63, 3.8) is 0 Å². The Labute approximate surface area is 108 Å². The zero-order chi connectivity index (χ0) is 13.0. The standard InChI is InChI=1S/C13H23N3O2/c1-10-5-6-14-12(10)13(18)15-9-11(17)16-7-3-2-4-8-16/h10,12,14H,2-9H2,1H3,(H,15,18). The van der Waals surface area contributed by atoms with Gasteiger partial charge in [-0.2, -0.15) is 0 Å². The Bertz CT molecular complexity index is 313. The van der Waals surface area contributed by atoms with Crippen LogP contribution in [0, 0.1) is 5.92 Å². The van der Waals surface area contributed by atoms with Crippen LogP contribution in [-0.2, 0) is 9.59 Å². The van der Waals surface area contributed by atoms with E-state index < -0.39 is 0 Å². The number of amides is 2. The van der Waals surface area contributed by atoms with Crippen molar-refractivity contribution in [1.29, 1.82) is 0 Å². The highest BCUT2D eigenvalue weighted by atomic mass is 16.2. The average Bonchev–Trinajstić information content (AvgIpc) is 2.83. The van der Waals surface area contributed by atoms with Gasteiger partial charge in [-0.05, 0) is 38.1 Å². The minimum absolute atomic E-state index is 0.0367. The molecule has 0 aromatic heterocycles. The third kappa shape index (κ3) is 3.22. The predicted octanol–water partition coefficient (Wildman–Crippen LogP) is 0.113. The lowest BCUT2D eigenvalue weighted by molar-refractivity contribution is -0.134. The second kappa shape index (κ2) is 6.18. The minimum Gasteiger partial charge on any atom is -0.346 e. The molecule has 0 aromatic carbocycles. The summed E-state index contributed by atoms with van der Waals surface area (Å²) in [5.74, 6) is 0.370. The fraction of sp³-hybridized carbons (Fsp3) is 0.846. The van der Waals surface area contributed by atoms with Gasteiger partial charge in [-0.25, -0.2) is 0 Å². The third-order valence-electron chi connectivity index (χ3n) is 3.94. The van der Waals surface area contributed by atoms with E-state index in [0.717, 1.165) is 38.9 Å². The fourth-order valence-electron chi connectivity index (χ4n) is 2.71. The third-order valence-corrected chi connectivity index (χ3v) is 3.94. The van der Waals surface area contributed by atoms with Crippen molar-refractivity contribution >= 4 is 11.8 Å². The van der Waals surface area contributed by atoms with Gasteiger partial charge in [-0.1, -0.05) is 6.92 Å². The number of rotatable bonds is 3. The summed E-state index contributed by atoms with van der Waals surface area (Å²) in [5, 5.41) is 5.93. The fourth-order valence-corrected chi connectivity index (χ4v) is 2.71. The van der Waals surface area contributed by atoms with Crippen LogP contribution < -0.4 is 10.6 Å². The second-order valence-electron chi connectivity index (χ2n) is 5.36. The Morgan fingerprint density at radius 3 is 2.61 bits per heavy atom. The molecule has 2 saturated heterocycles. The maximum Gasteiger partial charge on any atom is 0.241 e. The largest absolute Gasteiger partial charge is 0.346 e. The zero-order valence-electron chi connectivity index (χ0n) is 11.1. The van der Waals surface area contributed by atoms with Crippen molar-refractivity contribution in [3.05, 3.63) is 0 Å². The zero-order valence-corrected chi connectivity index (χ0v) is 11.1. The van der Waals surface area contributed by atoms with Gasteiger partial charge in [0.15, 0.2) is 0 Å². The van der Waals surface area contributed by atoms with Gasteiger partial charge in [0.2, 0.25) is 11.8 Å². The molecule has 0 radical (unpaired) electrons. The van der Waals surface area contributed by atoms with Gasteiger partial charge < -0.3 is 15.5 Å². The first-order valence-corrected chi connectivity index (χ1v) is 6.97. The number of carbonyl (C=O) groups excluding carboxylic acids is 2. The number of likely N-dealkylation sites (tertiary alicyclic amines) is 1. The van der Waals surface area contributed by atoms with Crippen molar-refractivity contribution in [2.45, 2.75) is 38.6 Å². The highest BCUT2D eigenvalue weighted by Gasteiger charge is 2.29. The average molecular weight is 253 g/mol. The van der Waals surface area contributed by atoms with Crippen LogP contribution >= 0.6 is 0 Å². The molecule has 2 atom stereocenters. The van der Waals surface area contributed by atoms with Crippen molar-refractivity contribution < 1.29 is 9.59 Å². The van der Waals surface area contributed by atoms with Crippen LogP contribution in [0.4, 0.5) is 0 Å². The molecule has 0 aliphatic carbocycles. The summed E-state index contributed by atoms with van der Waals surface area (Å²) in [5.41, 5.74) is 0. The Morgan fingerprint density at radius 2 is 2.00 bits per heavy atom. The monoisotopic (exact) mass is 253 g/mol. The number of nitrogens with zero attached hydrogens (tertiary/aromatic N) is 1. The molecule has 0 saturated carbocycles. The van der Waals surface area contributed by atoms with Gasteiger partial charge in [0.1, 0.15) is 0 Å². The number of carbonyl (C=O) groups is 2. The second-order valence-corrected chi connectivity index (χ2v) is 5.36. The Kier molecular flexibility index (Phi) is 4.58. The van der Waals surface area contributed by atoms with Crippen LogP contribution in [0.2, 0.25) is 0 Å². The van der Waals surface area contributed by atoms with Gasteiger partial charge in [-0.3, -0.25) is 9.59 Å². The summed E-state index contributed by atoms with van der Waals surface area (Å²) in [4.78, 5) is 25.6. The van der Waals surface area contributed by atoms with Crippen LogP contribution in [0.25, 0.3) is 0 Å². The van der Waals surface area contributed by atoms with Gasteiger partial charge in [0, 0.05) is 13.1 Å². The maximum atomic E-state index is 11.9. The lowest BCUT2D eigenvalue weighted by Gasteiger charge is -2.27. The normalized spacial score (nSPS) is 28.2. The van der Waals surface area contributed by atoms with Crippen molar-refractivity contribution in [2.75, 3.05) is 26.2 Å². The van der Waals surface area contributed by atoms with Crippen LogP contribution in [-0.4, -0.2) is 48.9 Å². The van der Waals surface area contributed by atoms with E-state index in [2.05, 4.69) is 17.6 Å². The molecule has 0 bridgehead atoms. The molecular weight excluding hydrogens is 230 g/mol. The lowest BCUT2D eigenvalue weighted by atomic mass is 10.0. The van der Waals surface area contributed by atoms with E-state index in [1.807, 2.05) is 4.90 Å². The summed E-state index contributed by atoms with van der Waals surface area (Å²) < 4.78 is 0. The van der Waals surface area contributed by atoms with Crippen LogP contribution in [0.1, 0.15) is 32.6 Å². The lowest BCUT2D eigenvalue weighted by Crippen LogP contribution is -2.48. The summed E-state index contributed by atoms with van der Waals surface area (Å²) in [6.45, 7) is 4.78. The molecule has 102 valence electrons. The van der Waals surface area contributed by atoms with Gasteiger partial charge in [0.05, 0.1) is 12.6 Å². The topological polar surface area (TPSA) is 61.4 Å². The van der Waals surface area contributed by atoms with Crippen LogP contribution in [0.15, 0.2) is 0 Å². The summed E-state index contributed by atoms with van der Waals surface area (Å²) in [6, 6.07) is -0.126. The van der Waals surface area contributed by atoms with Gasteiger partial charge in [0.25, 0.3) is 0 Å². The Hall–Kier alpha value is -1.10. The highest BCUT2D eigenvalue weighted by molar-refractivity contribution is 5.87. The van der Waals surface area contributed by atoms with Crippen LogP contribution in [0.3, 0.4) is 0 Å². The molecule has 0 aromatic rings. The Morgan fingerprint density at radius 1 is 1.28 bits per heavy atom. The smallest absolute Gasteiger partial charge is 0.241 e. The molecule has 5 heteroatoms. The molecule has 5 nitrogen and oxygen atoms in total. The first-order chi connectivity index (χ1) is 8.68. The van der Waals surface area contributed by atoms with Crippen molar-refractivity contribution in [1.82, 2.24) is 15.5 Å². The molecule has 18 heavy (non-hydrogen) atoms. The first-order valence-electron chi connectivity index (χ1n) is 6.97. The first kappa shape index (κ1) is 13.3. The Balaban J connectivity index is 1.73. The van der Waals surface area contributed by atoms with E-state index >= 15 is 0 Å². The molecular formula is C13H23N3O2.